The van der Waals surface area contributed by atoms with Crippen LogP contribution in [0.15, 0.2) is 22.9 Å². The smallest absolute Gasteiger partial charge is 0.306 e. The van der Waals surface area contributed by atoms with Crippen molar-refractivity contribution in [1.29, 1.82) is 0 Å². The lowest BCUT2D eigenvalue weighted by atomic mass is 10.2. The average molecular weight is 417 g/mol. The monoisotopic (exact) mass is 416 g/mol. The van der Waals surface area contributed by atoms with Crippen LogP contribution < -0.4 is 5.32 Å². The molecule has 2 heterocycles. The molecule has 130 valence electrons. The molecule has 0 radical (unpaired) electrons. The minimum Gasteiger partial charge on any atom is -0.306 e. The highest BCUT2D eigenvalue weighted by Gasteiger charge is 2.40. The lowest BCUT2D eigenvalue weighted by Gasteiger charge is -2.11. The maximum Gasteiger partial charge on any atom is 0.433 e. The molecular formula is C12H7BrF6N4O. The van der Waals surface area contributed by atoms with Gasteiger partial charge in [-0.15, -0.1) is 0 Å². The molecular weight excluding hydrogens is 410 g/mol. The zero-order valence-electron chi connectivity index (χ0n) is 11.6. The van der Waals surface area contributed by atoms with E-state index in [2.05, 4.69) is 26.0 Å². The largest absolute Gasteiger partial charge is 0.433 e. The first-order chi connectivity index (χ1) is 10.9. The number of hydrogen-bond acceptors (Lipinski definition) is 3. The van der Waals surface area contributed by atoms with E-state index in [4.69, 9.17) is 0 Å². The molecule has 0 aliphatic heterocycles. The summed E-state index contributed by atoms with van der Waals surface area (Å²) in [5.74, 6) is -1.87. The topological polar surface area (TPSA) is 59.8 Å². The molecule has 1 N–H and O–H groups in total. The van der Waals surface area contributed by atoms with Crippen molar-refractivity contribution in [3.05, 3.63) is 39.8 Å². The van der Waals surface area contributed by atoms with Gasteiger partial charge in [-0.2, -0.15) is 31.4 Å². The van der Waals surface area contributed by atoms with Crippen LogP contribution in [-0.4, -0.2) is 20.7 Å². The number of nitrogens with one attached hydrogen (secondary N) is 1. The first-order valence-electron chi connectivity index (χ1n) is 6.05. The number of alkyl halides is 6. The van der Waals surface area contributed by atoms with E-state index in [1.165, 1.54) is 0 Å². The third kappa shape index (κ3) is 3.68. The molecule has 0 saturated carbocycles. The number of carbonyl (C=O) groups excluding carboxylic acids is 1. The van der Waals surface area contributed by atoms with E-state index in [1.807, 2.05) is 5.32 Å². The fourth-order valence-electron chi connectivity index (χ4n) is 1.79. The first kappa shape index (κ1) is 18.2. The number of carbonyl (C=O) groups is 1. The van der Waals surface area contributed by atoms with Gasteiger partial charge in [0.15, 0.2) is 0 Å². The van der Waals surface area contributed by atoms with Crippen molar-refractivity contribution in [2.24, 2.45) is 7.05 Å². The summed E-state index contributed by atoms with van der Waals surface area (Å²) in [5, 5.41) is 5.40. The molecule has 0 spiro atoms. The molecule has 0 saturated heterocycles. The summed E-state index contributed by atoms with van der Waals surface area (Å²) in [6.07, 6.45) is -8.88. The minimum absolute atomic E-state index is 0.439. The number of rotatable bonds is 2. The highest BCUT2D eigenvalue weighted by Crippen LogP contribution is 2.39. The number of halogens is 7. The van der Waals surface area contributed by atoms with Crippen LogP contribution >= 0.6 is 15.9 Å². The molecule has 0 atom stereocenters. The third-order valence-electron chi connectivity index (χ3n) is 2.83. The number of anilines is 1. The molecule has 24 heavy (non-hydrogen) atoms. The number of nitrogens with zero attached hydrogens (tertiary/aromatic N) is 3. The molecule has 0 aliphatic rings. The first-order valence-corrected chi connectivity index (χ1v) is 6.85. The number of hydrogen-bond donors (Lipinski definition) is 1. The average Bonchev–Trinajstić information content (AvgIpc) is 2.72. The van der Waals surface area contributed by atoms with Gasteiger partial charge in [0.2, 0.25) is 0 Å². The van der Waals surface area contributed by atoms with Crippen LogP contribution in [0, 0.1) is 0 Å². The van der Waals surface area contributed by atoms with Gasteiger partial charge in [-0.1, -0.05) is 0 Å². The molecule has 1 amide bonds. The van der Waals surface area contributed by atoms with Crippen molar-refractivity contribution in [1.82, 2.24) is 14.8 Å². The Morgan fingerprint density at radius 1 is 1.21 bits per heavy atom. The summed E-state index contributed by atoms with van der Waals surface area (Å²) in [6, 6.07) is 1.39. The van der Waals surface area contributed by atoms with Crippen LogP contribution in [0.3, 0.4) is 0 Å². The van der Waals surface area contributed by atoms with Gasteiger partial charge in [-0.05, 0) is 28.1 Å². The summed E-state index contributed by atoms with van der Waals surface area (Å²) in [5.41, 5.74) is -3.08. The molecule has 0 fully saturated rings. The Morgan fingerprint density at radius 3 is 2.38 bits per heavy atom. The fourth-order valence-corrected chi connectivity index (χ4v) is 2.44. The Labute approximate surface area is 138 Å². The Kier molecular flexibility index (Phi) is 4.61. The summed E-state index contributed by atoms with van der Waals surface area (Å²) < 4.78 is 76.9. The van der Waals surface area contributed by atoms with Gasteiger partial charge in [0, 0.05) is 18.8 Å². The lowest BCUT2D eigenvalue weighted by Crippen LogP contribution is -2.19. The van der Waals surface area contributed by atoms with E-state index in [1.54, 1.807) is 0 Å². The van der Waals surface area contributed by atoms with E-state index in [0.29, 0.717) is 6.07 Å². The van der Waals surface area contributed by atoms with Crippen molar-refractivity contribution >= 4 is 27.7 Å². The molecule has 2 rings (SSSR count). The zero-order valence-corrected chi connectivity index (χ0v) is 13.2. The Hall–Kier alpha value is -2.11. The number of pyridine rings is 1. The van der Waals surface area contributed by atoms with Gasteiger partial charge < -0.3 is 5.32 Å². The molecule has 0 unspecified atom stereocenters. The second kappa shape index (κ2) is 6.07. The van der Waals surface area contributed by atoms with Crippen LogP contribution in [0.4, 0.5) is 32.2 Å². The molecule has 2 aromatic heterocycles. The predicted molar refractivity (Wildman–Crippen MR) is 73.1 cm³/mol. The number of aromatic nitrogens is 3. The SMILES string of the molecule is Cn1nc(Br)c(C(F)(F)F)c1NC(=O)c1ccnc(C(F)(F)F)c1. The van der Waals surface area contributed by atoms with Crippen LogP contribution in [0.25, 0.3) is 0 Å². The summed E-state index contributed by atoms with van der Waals surface area (Å²) >= 11 is 2.63. The van der Waals surface area contributed by atoms with Crippen molar-refractivity contribution < 1.29 is 31.1 Å². The van der Waals surface area contributed by atoms with Crippen molar-refractivity contribution in [3.8, 4) is 0 Å². The Balaban J connectivity index is 2.38. The zero-order chi connectivity index (χ0) is 18.3. The second-order valence-electron chi connectivity index (χ2n) is 4.52. The molecule has 0 bridgehead atoms. The Bertz CT molecular complexity index is 783. The van der Waals surface area contributed by atoms with Gasteiger partial charge in [-0.3, -0.25) is 14.5 Å². The van der Waals surface area contributed by atoms with Crippen LogP contribution in [0.1, 0.15) is 21.6 Å². The fraction of sp³-hybridized carbons (Fsp3) is 0.250. The second-order valence-corrected chi connectivity index (χ2v) is 5.27. The van der Waals surface area contributed by atoms with E-state index in [-0.39, 0.29) is 0 Å². The van der Waals surface area contributed by atoms with Crippen LogP contribution in [-0.2, 0) is 19.4 Å². The van der Waals surface area contributed by atoms with Crippen LogP contribution in [0.5, 0.6) is 0 Å². The van der Waals surface area contributed by atoms with Crippen molar-refractivity contribution in [2.75, 3.05) is 5.32 Å². The van der Waals surface area contributed by atoms with E-state index in [0.717, 1.165) is 24.0 Å². The summed E-state index contributed by atoms with van der Waals surface area (Å²) in [4.78, 5) is 15.1. The summed E-state index contributed by atoms with van der Waals surface area (Å²) in [6.45, 7) is 0. The number of aryl methyl sites for hydroxylation is 1. The third-order valence-corrected chi connectivity index (χ3v) is 3.39. The van der Waals surface area contributed by atoms with Gasteiger partial charge in [0.1, 0.15) is 21.7 Å². The van der Waals surface area contributed by atoms with E-state index < -0.39 is 45.5 Å². The molecule has 5 nitrogen and oxygen atoms in total. The van der Waals surface area contributed by atoms with Gasteiger partial charge >= 0.3 is 12.4 Å². The highest BCUT2D eigenvalue weighted by molar-refractivity contribution is 9.10. The van der Waals surface area contributed by atoms with Gasteiger partial charge in [0.05, 0.1) is 0 Å². The summed E-state index contributed by atoms with van der Waals surface area (Å²) in [7, 11) is 1.14. The normalized spacial score (nSPS) is 12.3. The van der Waals surface area contributed by atoms with Crippen molar-refractivity contribution in [2.45, 2.75) is 12.4 Å². The number of amides is 1. The van der Waals surface area contributed by atoms with E-state index >= 15 is 0 Å². The highest BCUT2D eigenvalue weighted by atomic mass is 79.9. The molecule has 12 heteroatoms. The maximum absolute atomic E-state index is 13.0. The Morgan fingerprint density at radius 2 is 1.83 bits per heavy atom. The predicted octanol–water partition coefficient (Wildman–Crippen LogP) is 3.87. The van der Waals surface area contributed by atoms with Crippen molar-refractivity contribution in [3.63, 3.8) is 0 Å². The quantitative estimate of drug-likeness (QED) is 0.756. The maximum atomic E-state index is 13.0. The van der Waals surface area contributed by atoms with Gasteiger partial charge in [-0.25, -0.2) is 0 Å². The van der Waals surface area contributed by atoms with E-state index in [9.17, 15) is 31.1 Å². The minimum atomic E-state index is -4.83. The lowest BCUT2D eigenvalue weighted by molar-refractivity contribution is -0.141. The molecule has 2 aromatic rings. The van der Waals surface area contributed by atoms with Crippen LogP contribution in [0.2, 0.25) is 0 Å². The standard InChI is InChI=1S/C12H7BrF6N4O/c1-23-9(7(8(13)22-23)12(17,18)19)21-10(24)5-2-3-20-6(4-5)11(14,15)16/h2-4H,1H3,(H,21,24). The van der Waals surface area contributed by atoms with Gasteiger partial charge in [0.25, 0.3) is 5.91 Å². The molecule has 0 aromatic carbocycles. The molecule has 0 aliphatic carbocycles.